The third-order valence-electron chi connectivity index (χ3n) is 4.62. The van der Waals surface area contributed by atoms with Crippen molar-refractivity contribution in [3.05, 3.63) is 83.2 Å². The SMILES string of the molecule is CCn1cc(CNC(=O)/C=C/c2ccc(OC)c(COc3ccc(C)cc3)c2)cn1. The molecule has 1 amide bonds. The average Bonchev–Trinajstić information content (AvgIpc) is 3.24. The number of benzene rings is 2. The third-order valence-corrected chi connectivity index (χ3v) is 4.62. The van der Waals surface area contributed by atoms with Gasteiger partial charge in [-0.3, -0.25) is 9.48 Å². The predicted octanol–water partition coefficient (Wildman–Crippen LogP) is 4.13. The number of amides is 1. The molecule has 0 saturated carbocycles. The Hall–Kier alpha value is -3.54. The molecule has 156 valence electrons. The van der Waals surface area contributed by atoms with Crippen LogP contribution in [0, 0.1) is 6.92 Å². The summed E-state index contributed by atoms with van der Waals surface area (Å²) in [5.74, 6) is 1.39. The lowest BCUT2D eigenvalue weighted by Gasteiger charge is -2.11. The fraction of sp³-hybridized carbons (Fsp3) is 0.250. The van der Waals surface area contributed by atoms with Crippen molar-refractivity contribution in [1.29, 1.82) is 0 Å². The zero-order valence-electron chi connectivity index (χ0n) is 17.6. The van der Waals surface area contributed by atoms with Gasteiger partial charge in [0.05, 0.1) is 13.3 Å². The first-order valence-corrected chi connectivity index (χ1v) is 9.91. The molecule has 0 aliphatic rings. The monoisotopic (exact) mass is 405 g/mol. The number of hydrogen-bond acceptors (Lipinski definition) is 4. The smallest absolute Gasteiger partial charge is 0.244 e. The van der Waals surface area contributed by atoms with Crippen molar-refractivity contribution in [2.24, 2.45) is 0 Å². The van der Waals surface area contributed by atoms with E-state index in [1.165, 1.54) is 11.6 Å². The van der Waals surface area contributed by atoms with Gasteiger partial charge in [-0.1, -0.05) is 23.8 Å². The van der Waals surface area contributed by atoms with Crippen molar-refractivity contribution in [3.63, 3.8) is 0 Å². The van der Waals surface area contributed by atoms with Crippen LogP contribution in [-0.2, 0) is 24.5 Å². The van der Waals surface area contributed by atoms with E-state index < -0.39 is 0 Å². The van der Waals surface area contributed by atoms with Gasteiger partial charge in [-0.15, -0.1) is 0 Å². The van der Waals surface area contributed by atoms with E-state index in [4.69, 9.17) is 9.47 Å². The normalized spacial score (nSPS) is 10.9. The van der Waals surface area contributed by atoms with Gasteiger partial charge in [-0.2, -0.15) is 5.10 Å². The largest absolute Gasteiger partial charge is 0.496 e. The van der Waals surface area contributed by atoms with Crippen LogP contribution < -0.4 is 14.8 Å². The van der Waals surface area contributed by atoms with Crippen LogP contribution in [0.3, 0.4) is 0 Å². The highest BCUT2D eigenvalue weighted by Crippen LogP contribution is 2.23. The molecule has 0 aliphatic heterocycles. The van der Waals surface area contributed by atoms with Crippen molar-refractivity contribution >= 4 is 12.0 Å². The Morgan fingerprint density at radius 1 is 1.20 bits per heavy atom. The maximum atomic E-state index is 12.1. The molecule has 0 bridgehead atoms. The number of aryl methyl sites for hydroxylation is 2. The quantitative estimate of drug-likeness (QED) is 0.544. The van der Waals surface area contributed by atoms with E-state index in [0.29, 0.717) is 13.2 Å². The molecule has 0 aliphatic carbocycles. The van der Waals surface area contributed by atoms with Gasteiger partial charge in [0.25, 0.3) is 0 Å². The highest BCUT2D eigenvalue weighted by Gasteiger charge is 2.06. The summed E-state index contributed by atoms with van der Waals surface area (Å²) in [5.41, 5.74) is 3.96. The Labute approximate surface area is 177 Å². The van der Waals surface area contributed by atoms with E-state index in [1.54, 1.807) is 19.4 Å². The predicted molar refractivity (Wildman–Crippen MR) is 117 cm³/mol. The van der Waals surface area contributed by atoms with E-state index in [-0.39, 0.29) is 5.91 Å². The average molecular weight is 405 g/mol. The van der Waals surface area contributed by atoms with Crippen LogP contribution in [0.1, 0.15) is 29.2 Å². The number of aromatic nitrogens is 2. The molecule has 3 aromatic rings. The second kappa shape index (κ2) is 10.3. The molecule has 1 N–H and O–H groups in total. The maximum absolute atomic E-state index is 12.1. The summed E-state index contributed by atoms with van der Waals surface area (Å²) in [6.45, 7) is 5.69. The van der Waals surface area contributed by atoms with E-state index in [0.717, 1.165) is 34.7 Å². The number of methoxy groups -OCH3 is 1. The Morgan fingerprint density at radius 2 is 2.00 bits per heavy atom. The number of carbonyl (C=O) groups excluding carboxylic acids is 1. The molecular formula is C24H27N3O3. The summed E-state index contributed by atoms with van der Waals surface area (Å²) in [6.07, 6.45) is 6.99. The van der Waals surface area contributed by atoms with E-state index in [2.05, 4.69) is 10.4 Å². The first-order valence-electron chi connectivity index (χ1n) is 9.91. The molecule has 3 rings (SSSR count). The van der Waals surface area contributed by atoms with Crippen LogP contribution >= 0.6 is 0 Å². The summed E-state index contributed by atoms with van der Waals surface area (Å²) in [7, 11) is 1.63. The minimum absolute atomic E-state index is 0.160. The maximum Gasteiger partial charge on any atom is 0.244 e. The molecule has 30 heavy (non-hydrogen) atoms. The van der Waals surface area contributed by atoms with Gasteiger partial charge < -0.3 is 14.8 Å². The van der Waals surface area contributed by atoms with Gasteiger partial charge in [0, 0.05) is 36.5 Å². The first kappa shape index (κ1) is 21.2. The van der Waals surface area contributed by atoms with Crippen molar-refractivity contribution in [3.8, 4) is 11.5 Å². The van der Waals surface area contributed by atoms with Gasteiger partial charge >= 0.3 is 0 Å². The van der Waals surface area contributed by atoms with Crippen LogP contribution in [-0.4, -0.2) is 22.8 Å². The van der Waals surface area contributed by atoms with Crippen LogP contribution in [0.25, 0.3) is 6.08 Å². The lowest BCUT2D eigenvalue weighted by atomic mass is 10.1. The van der Waals surface area contributed by atoms with Crippen molar-refractivity contribution in [1.82, 2.24) is 15.1 Å². The van der Waals surface area contributed by atoms with Crippen molar-refractivity contribution in [2.75, 3.05) is 7.11 Å². The molecule has 0 saturated heterocycles. The highest BCUT2D eigenvalue weighted by atomic mass is 16.5. The molecule has 6 heteroatoms. The fourth-order valence-electron chi connectivity index (χ4n) is 2.90. The van der Waals surface area contributed by atoms with Crippen LogP contribution in [0.2, 0.25) is 0 Å². The number of nitrogens with one attached hydrogen (secondary N) is 1. The van der Waals surface area contributed by atoms with Crippen molar-refractivity contribution < 1.29 is 14.3 Å². The third kappa shape index (κ3) is 5.98. The molecule has 1 aromatic heterocycles. The Kier molecular flexibility index (Phi) is 7.27. The van der Waals surface area contributed by atoms with Gasteiger partial charge in [-0.25, -0.2) is 0 Å². The van der Waals surface area contributed by atoms with Crippen LogP contribution in [0.4, 0.5) is 0 Å². The summed E-state index contributed by atoms with van der Waals surface area (Å²) >= 11 is 0. The van der Waals surface area contributed by atoms with Gasteiger partial charge in [0.15, 0.2) is 0 Å². The zero-order valence-corrected chi connectivity index (χ0v) is 17.6. The second-order valence-electron chi connectivity index (χ2n) is 6.93. The standard InChI is InChI=1S/C24H27N3O3/c1-4-27-16-20(15-26-27)14-25-24(28)12-8-19-7-11-23(29-3)21(13-19)17-30-22-9-5-18(2)6-10-22/h5-13,15-16H,4,14,17H2,1-3H3,(H,25,28)/b12-8+. The van der Waals surface area contributed by atoms with Gasteiger partial charge in [-0.05, 0) is 49.8 Å². The number of ether oxygens (including phenoxy) is 2. The summed E-state index contributed by atoms with van der Waals surface area (Å²) in [4.78, 5) is 12.1. The molecule has 0 unspecified atom stereocenters. The number of hydrogen-bond donors (Lipinski definition) is 1. The zero-order chi connectivity index (χ0) is 21.3. The fourth-order valence-corrected chi connectivity index (χ4v) is 2.90. The highest BCUT2D eigenvalue weighted by molar-refractivity contribution is 5.91. The van der Waals surface area contributed by atoms with E-state index in [1.807, 2.05) is 67.2 Å². The van der Waals surface area contributed by atoms with Gasteiger partial charge in [0.1, 0.15) is 18.1 Å². The van der Waals surface area contributed by atoms with Crippen LogP contribution in [0.5, 0.6) is 11.5 Å². The minimum Gasteiger partial charge on any atom is -0.496 e. The molecule has 6 nitrogen and oxygen atoms in total. The van der Waals surface area contributed by atoms with Crippen LogP contribution in [0.15, 0.2) is 60.9 Å². The lowest BCUT2D eigenvalue weighted by molar-refractivity contribution is -0.116. The molecule has 0 fully saturated rings. The number of rotatable bonds is 9. The van der Waals surface area contributed by atoms with Crippen molar-refractivity contribution in [2.45, 2.75) is 33.5 Å². The topological polar surface area (TPSA) is 65.4 Å². The van der Waals surface area contributed by atoms with E-state index >= 15 is 0 Å². The van der Waals surface area contributed by atoms with Gasteiger partial charge in [0.2, 0.25) is 5.91 Å². The Balaban J connectivity index is 1.60. The second-order valence-corrected chi connectivity index (χ2v) is 6.93. The molecule has 2 aromatic carbocycles. The molecule has 0 radical (unpaired) electrons. The van der Waals surface area contributed by atoms with E-state index in [9.17, 15) is 4.79 Å². The number of carbonyl (C=O) groups is 1. The summed E-state index contributed by atoms with van der Waals surface area (Å²) in [5, 5.41) is 7.07. The Bertz CT molecular complexity index is 1010. The molecular weight excluding hydrogens is 378 g/mol. The molecule has 1 heterocycles. The first-order chi connectivity index (χ1) is 14.6. The number of nitrogens with zero attached hydrogens (tertiary/aromatic N) is 2. The minimum atomic E-state index is -0.160. The molecule has 0 spiro atoms. The molecule has 0 atom stereocenters. The summed E-state index contributed by atoms with van der Waals surface area (Å²) < 4.78 is 13.1. The Morgan fingerprint density at radius 3 is 2.70 bits per heavy atom. The summed E-state index contributed by atoms with van der Waals surface area (Å²) in [6, 6.07) is 13.7. The lowest BCUT2D eigenvalue weighted by Crippen LogP contribution is -2.19.